The summed E-state index contributed by atoms with van der Waals surface area (Å²) in [5.74, 6) is 1.24. The molecule has 1 heterocycles. The summed E-state index contributed by atoms with van der Waals surface area (Å²) in [5.41, 5.74) is 5.71. The van der Waals surface area contributed by atoms with E-state index in [9.17, 15) is 0 Å². The number of aryl methyl sites for hydroxylation is 1. The van der Waals surface area contributed by atoms with Gasteiger partial charge in [-0.3, -0.25) is 4.68 Å². The fourth-order valence-electron chi connectivity index (χ4n) is 1.68. The second kappa shape index (κ2) is 7.41. The molecule has 0 aliphatic rings. The van der Waals surface area contributed by atoms with Crippen molar-refractivity contribution in [1.82, 2.24) is 15.1 Å². The third-order valence-corrected chi connectivity index (χ3v) is 2.95. The summed E-state index contributed by atoms with van der Waals surface area (Å²) < 4.78 is 1.96. The summed E-state index contributed by atoms with van der Waals surface area (Å²) in [4.78, 5) is 0. The second-order valence-electron chi connectivity index (χ2n) is 4.57. The standard InChI is InChI=1S/C12H24N4/c1-11(2)12(9-13)10-14-5-3-7-16-8-4-6-15-16/h4,6,8,11-12,14H,3,5,7,9-10,13H2,1-2H3. The lowest BCUT2D eigenvalue weighted by Crippen LogP contribution is -2.32. The Morgan fingerprint density at radius 2 is 2.25 bits per heavy atom. The Morgan fingerprint density at radius 1 is 1.44 bits per heavy atom. The molecule has 1 unspecified atom stereocenters. The number of nitrogens with zero attached hydrogens (tertiary/aromatic N) is 2. The molecule has 3 N–H and O–H groups in total. The van der Waals surface area contributed by atoms with E-state index in [1.54, 1.807) is 0 Å². The Labute approximate surface area is 98.2 Å². The number of hydrogen-bond donors (Lipinski definition) is 2. The fourth-order valence-corrected chi connectivity index (χ4v) is 1.68. The highest BCUT2D eigenvalue weighted by Crippen LogP contribution is 2.07. The molecule has 0 bridgehead atoms. The topological polar surface area (TPSA) is 55.9 Å². The third-order valence-electron chi connectivity index (χ3n) is 2.95. The summed E-state index contributed by atoms with van der Waals surface area (Å²) in [6, 6.07) is 1.96. The zero-order valence-corrected chi connectivity index (χ0v) is 10.4. The highest BCUT2D eigenvalue weighted by atomic mass is 15.3. The number of nitrogens with two attached hydrogens (primary N) is 1. The predicted molar refractivity (Wildman–Crippen MR) is 67.1 cm³/mol. The minimum Gasteiger partial charge on any atom is -0.330 e. The first-order valence-corrected chi connectivity index (χ1v) is 6.12. The maximum atomic E-state index is 5.71. The van der Waals surface area contributed by atoms with Gasteiger partial charge < -0.3 is 11.1 Å². The maximum absolute atomic E-state index is 5.71. The van der Waals surface area contributed by atoms with E-state index < -0.39 is 0 Å². The zero-order valence-electron chi connectivity index (χ0n) is 10.4. The summed E-state index contributed by atoms with van der Waals surface area (Å²) in [7, 11) is 0. The van der Waals surface area contributed by atoms with Gasteiger partial charge in [-0.2, -0.15) is 5.10 Å². The largest absolute Gasteiger partial charge is 0.330 e. The molecule has 0 saturated carbocycles. The van der Waals surface area contributed by atoms with Gasteiger partial charge >= 0.3 is 0 Å². The zero-order chi connectivity index (χ0) is 11.8. The average molecular weight is 224 g/mol. The number of aromatic nitrogens is 2. The smallest absolute Gasteiger partial charge is 0.0489 e. The first-order chi connectivity index (χ1) is 7.74. The molecule has 0 amide bonds. The lowest BCUT2D eigenvalue weighted by atomic mass is 9.96. The predicted octanol–water partition coefficient (Wildman–Crippen LogP) is 1.09. The van der Waals surface area contributed by atoms with Crippen LogP contribution in [-0.4, -0.2) is 29.4 Å². The van der Waals surface area contributed by atoms with E-state index in [0.29, 0.717) is 11.8 Å². The number of rotatable bonds is 8. The highest BCUT2D eigenvalue weighted by molar-refractivity contribution is 4.77. The molecule has 1 rings (SSSR count). The SMILES string of the molecule is CC(C)C(CN)CNCCCn1cccn1. The summed E-state index contributed by atoms with van der Waals surface area (Å²) >= 11 is 0. The molecule has 92 valence electrons. The van der Waals surface area contributed by atoms with Crippen molar-refractivity contribution >= 4 is 0 Å². The molecule has 1 atom stereocenters. The van der Waals surface area contributed by atoms with Crippen LogP contribution in [0.2, 0.25) is 0 Å². The molecule has 0 radical (unpaired) electrons. The van der Waals surface area contributed by atoms with Crippen molar-refractivity contribution in [1.29, 1.82) is 0 Å². The van der Waals surface area contributed by atoms with Crippen molar-refractivity contribution in [3.63, 3.8) is 0 Å². The molecule has 1 aromatic heterocycles. The molecule has 0 aliphatic heterocycles. The van der Waals surface area contributed by atoms with Crippen molar-refractivity contribution in [2.75, 3.05) is 19.6 Å². The third kappa shape index (κ3) is 4.77. The Morgan fingerprint density at radius 3 is 2.81 bits per heavy atom. The van der Waals surface area contributed by atoms with Gasteiger partial charge in [0.25, 0.3) is 0 Å². The molecule has 4 nitrogen and oxygen atoms in total. The summed E-state index contributed by atoms with van der Waals surface area (Å²) in [6.45, 7) is 8.25. The van der Waals surface area contributed by atoms with Crippen LogP contribution in [-0.2, 0) is 6.54 Å². The molecule has 0 saturated heterocycles. The van der Waals surface area contributed by atoms with Crippen molar-refractivity contribution in [2.45, 2.75) is 26.8 Å². The second-order valence-corrected chi connectivity index (χ2v) is 4.57. The quantitative estimate of drug-likeness (QED) is 0.650. The Kier molecular flexibility index (Phi) is 6.11. The van der Waals surface area contributed by atoms with Crippen LogP contribution in [0.5, 0.6) is 0 Å². The van der Waals surface area contributed by atoms with Gasteiger partial charge in [0, 0.05) is 18.9 Å². The van der Waals surface area contributed by atoms with Gasteiger partial charge in [0.1, 0.15) is 0 Å². The van der Waals surface area contributed by atoms with Crippen LogP contribution < -0.4 is 11.1 Å². The monoisotopic (exact) mass is 224 g/mol. The van der Waals surface area contributed by atoms with Gasteiger partial charge in [-0.25, -0.2) is 0 Å². The molecular weight excluding hydrogens is 200 g/mol. The Hall–Kier alpha value is -0.870. The van der Waals surface area contributed by atoms with Gasteiger partial charge in [0.15, 0.2) is 0 Å². The van der Waals surface area contributed by atoms with Crippen molar-refractivity contribution in [3.05, 3.63) is 18.5 Å². The van der Waals surface area contributed by atoms with Crippen molar-refractivity contribution in [3.8, 4) is 0 Å². The normalized spacial score (nSPS) is 13.2. The first-order valence-electron chi connectivity index (χ1n) is 6.12. The highest BCUT2D eigenvalue weighted by Gasteiger charge is 2.09. The maximum Gasteiger partial charge on any atom is 0.0489 e. The van der Waals surface area contributed by atoms with Crippen LogP contribution in [0.1, 0.15) is 20.3 Å². The lowest BCUT2D eigenvalue weighted by molar-refractivity contribution is 0.368. The average Bonchev–Trinajstić information content (AvgIpc) is 2.75. The minimum atomic E-state index is 0.588. The van der Waals surface area contributed by atoms with E-state index >= 15 is 0 Å². The Bertz CT molecular complexity index is 256. The van der Waals surface area contributed by atoms with Gasteiger partial charge in [-0.15, -0.1) is 0 Å². The van der Waals surface area contributed by atoms with E-state index in [0.717, 1.165) is 32.6 Å². The van der Waals surface area contributed by atoms with Crippen molar-refractivity contribution < 1.29 is 0 Å². The number of hydrogen-bond acceptors (Lipinski definition) is 3. The molecule has 0 spiro atoms. The van der Waals surface area contributed by atoms with Gasteiger partial charge in [-0.05, 0) is 44.0 Å². The fraction of sp³-hybridized carbons (Fsp3) is 0.750. The first kappa shape index (κ1) is 13.2. The van der Waals surface area contributed by atoms with E-state index in [4.69, 9.17) is 5.73 Å². The molecular formula is C12H24N4. The number of nitrogens with one attached hydrogen (secondary N) is 1. The Balaban J connectivity index is 2.03. The van der Waals surface area contributed by atoms with Gasteiger partial charge in [-0.1, -0.05) is 13.8 Å². The van der Waals surface area contributed by atoms with Crippen molar-refractivity contribution in [2.24, 2.45) is 17.6 Å². The molecule has 4 heteroatoms. The molecule has 1 aromatic rings. The van der Waals surface area contributed by atoms with Crippen LogP contribution in [0.15, 0.2) is 18.5 Å². The van der Waals surface area contributed by atoms with Crippen LogP contribution in [0.3, 0.4) is 0 Å². The van der Waals surface area contributed by atoms with Crippen LogP contribution in [0, 0.1) is 11.8 Å². The molecule has 0 fully saturated rings. The van der Waals surface area contributed by atoms with E-state index in [2.05, 4.69) is 24.3 Å². The van der Waals surface area contributed by atoms with Crippen LogP contribution >= 0.6 is 0 Å². The molecule has 0 aliphatic carbocycles. The van der Waals surface area contributed by atoms with E-state index in [1.807, 2.05) is 23.1 Å². The lowest BCUT2D eigenvalue weighted by Gasteiger charge is -2.19. The molecule has 0 aromatic carbocycles. The van der Waals surface area contributed by atoms with Crippen LogP contribution in [0.25, 0.3) is 0 Å². The van der Waals surface area contributed by atoms with Gasteiger partial charge in [0.2, 0.25) is 0 Å². The van der Waals surface area contributed by atoms with E-state index in [1.165, 1.54) is 0 Å². The molecule has 16 heavy (non-hydrogen) atoms. The summed E-state index contributed by atoms with van der Waals surface area (Å²) in [5, 5.41) is 7.62. The van der Waals surface area contributed by atoms with E-state index in [-0.39, 0.29) is 0 Å². The van der Waals surface area contributed by atoms with Crippen LogP contribution in [0.4, 0.5) is 0 Å². The van der Waals surface area contributed by atoms with Gasteiger partial charge in [0.05, 0.1) is 0 Å². The summed E-state index contributed by atoms with van der Waals surface area (Å²) in [6.07, 6.45) is 4.92. The minimum absolute atomic E-state index is 0.588.